The highest BCUT2D eigenvalue weighted by Gasteiger charge is 2.21. The molecule has 0 fully saturated rings. The quantitative estimate of drug-likeness (QED) is 0.729. The number of halogens is 1. The first-order valence-electron chi connectivity index (χ1n) is 7.68. The molecule has 4 heteroatoms. The van der Waals surface area contributed by atoms with E-state index in [9.17, 15) is 4.79 Å². The van der Waals surface area contributed by atoms with Crippen LogP contribution in [0.1, 0.15) is 29.8 Å². The van der Waals surface area contributed by atoms with E-state index in [1.807, 2.05) is 67.3 Å². The Bertz CT molecular complexity index is 824. The molecule has 2 aromatic carbocycles. The Morgan fingerprint density at radius 2 is 1.91 bits per heavy atom. The SMILES string of the molecule is CC(C)N(Cc1ccccc1)C(=O)c1c[nH]c2cc(Cl)ccc12. The number of carbonyl (C=O) groups excluding carboxylic acids is 1. The third-order valence-electron chi connectivity index (χ3n) is 3.95. The van der Waals surface area contributed by atoms with Crippen molar-refractivity contribution >= 4 is 28.4 Å². The first kappa shape index (κ1) is 15.6. The molecule has 0 atom stereocenters. The molecule has 0 aliphatic carbocycles. The summed E-state index contributed by atoms with van der Waals surface area (Å²) in [5.74, 6) is 0.0254. The molecule has 118 valence electrons. The zero-order valence-corrected chi connectivity index (χ0v) is 14.0. The molecule has 3 aromatic rings. The summed E-state index contributed by atoms with van der Waals surface area (Å²) in [5.41, 5.74) is 2.68. The molecule has 3 rings (SSSR count). The van der Waals surface area contributed by atoms with E-state index in [4.69, 9.17) is 11.6 Å². The fourth-order valence-corrected chi connectivity index (χ4v) is 2.87. The van der Waals surface area contributed by atoms with E-state index in [-0.39, 0.29) is 11.9 Å². The second-order valence-corrected chi connectivity index (χ2v) is 6.34. The maximum atomic E-state index is 13.0. The number of hydrogen-bond donors (Lipinski definition) is 1. The molecule has 0 aliphatic rings. The van der Waals surface area contributed by atoms with Crippen LogP contribution in [-0.4, -0.2) is 21.8 Å². The number of amides is 1. The van der Waals surface area contributed by atoms with Crippen LogP contribution >= 0.6 is 11.6 Å². The average Bonchev–Trinajstić information content (AvgIpc) is 2.95. The number of aromatic amines is 1. The molecule has 0 radical (unpaired) electrons. The number of fused-ring (bicyclic) bond motifs is 1. The highest BCUT2D eigenvalue weighted by molar-refractivity contribution is 6.31. The summed E-state index contributed by atoms with van der Waals surface area (Å²) in [6.45, 7) is 4.66. The Hall–Kier alpha value is -2.26. The molecule has 3 nitrogen and oxygen atoms in total. The normalized spacial score (nSPS) is 11.1. The van der Waals surface area contributed by atoms with Crippen LogP contribution in [0.2, 0.25) is 5.02 Å². The third-order valence-corrected chi connectivity index (χ3v) is 4.19. The molecule has 0 spiro atoms. The summed E-state index contributed by atoms with van der Waals surface area (Å²) in [5, 5.41) is 1.56. The standard InChI is InChI=1S/C19H19ClN2O/c1-13(2)22(12-14-6-4-3-5-7-14)19(23)17-11-21-18-10-15(20)8-9-16(17)18/h3-11,13,21H,12H2,1-2H3. The van der Waals surface area contributed by atoms with Gasteiger partial charge >= 0.3 is 0 Å². The zero-order chi connectivity index (χ0) is 16.4. The lowest BCUT2D eigenvalue weighted by atomic mass is 10.1. The Kier molecular flexibility index (Phi) is 4.39. The molecule has 0 aliphatic heterocycles. The van der Waals surface area contributed by atoms with Gasteiger partial charge in [0.1, 0.15) is 0 Å². The highest BCUT2D eigenvalue weighted by atomic mass is 35.5. The molecule has 1 amide bonds. The number of hydrogen-bond acceptors (Lipinski definition) is 1. The predicted octanol–water partition coefficient (Wildman–Crippen LogP) is 4.87. The summed E-state index contributed by atoms with van der Waals surface area (Å²) < 4.78 is 0. The van der Waals surface area contributed by atoms with Gasteiger partial charge in [-0.1, -0.05) is 48.0 Å². The van der Waals surface area contributed by atoms with E-state index >= 15 is 0 Å². The zero-order valence-electron chi connectivity index (χ0n) is 13.2. The van der Waals surface area contributed by atoms with Crippen LogP contribution in [0.15, 0.2) is 54.7 Å². The predicted molar refractivity (Wildman–Crippen MR) is 94.8 cm³/mol. The Morgan fingerprint density at radius 1 is 1.17 bits per heavy atom. The van der Waals surface area contributed by atoms with E-state index in [0.29, 0.717) is 17.1 Å². The van der Waals surface area contributed by atoms with Gasteiger partial charge in [0, 0.05) is 34.7 Å². The summed E-state index contributed by atoms with van der Waals surface area (Å²) in [4.78, 5) is 18.0. The second-order valence-electron chi connectivity index (χ2n) is 5.90. The summed E-state index contributed by atoms with van der Waals surface area (Å²) in [7, 11) is 0. The molecule has 0 saturated carbocycles. The van der Waals surface area contributed by atoms with Gasteiger partial charge in [-0.3, -0.25) is 4.79 Å². The van der Waals surface area contributed by atoms with Gasteiger partial charge in [0.25, 0.3) is 5.91 Å². The minimum Gasteiger partial charge on any atom is -0.360 e. The minimum atomic E-state index is 0.0254. The number of carbonyl (C=O) groups is 1. The van der Waals surface area contributed by atoms with Crippen molar-refractivity contribution in [3.63, 3.8) is 0 Å². The molecular weight excluding hydrogens is 308 g/mol. The van der Waals surface area contributed by atoms with E-state index in [0.717, 1.165) is 16.5 Å². The van der Waals surface area contributed by atoms with Crippen molar-refractivity contribution in [3.05, 3.63) is 70.9 Å². The van der Waals surface area contributed by atoms with Crippen molar-refractivity contribution in [2.24, 2.45) is 0 Å². The van der Waals surface area contributed by atoms with Crippen LogP contribution in [0.5, 0.6) is 0 Å². The smallest absolute Gasteiger partial charge is 0.256 e. The Labute approximate surface area is 140 Å². The number of nitrogens with one attached hydrogen (secondary N) is 1. The van der Waals surface area contributed by atoms with Gasteiger partial charge in [0.15, 0.2) is 0 Å². The van der Waals surface area contributed by atoms with E-state index in [1.54, 1.807) is 6.20 Å². The fourth-order valence-electron chi connectivity index (χ4n) is 2.70. The van der Waals surface area contributed by atoms with Crippen LogP contribution in [0.3, 0.4) is 0 Å². The van der Waals surface area contributed by atoms with Gasteiger partial charge in [-0.15, -0.1) is 0 Å². The maximum Gasteiger partial charge on any atom is 0.256 e. The van der Waals surface area contributed by atoms with Gasteiger partial charge < -0.3 is 9.88 Å². The van der Waals surface area contributed by atoms with Crippen molar-refractivity contribution < 1.29 is 4.79 Å². The van der Waals surface area contributed by atoms with Crippen molar-refractivity contribution in [2.75, 3.05) is 0 Å². The molecule has 1 N–H and O–H groups in total. The highest BCUT2D eigenvalue weighted by Crippen LogP contribution is 2.24. The molecule has 0 bridgehead atoms. The topological polar surface area (TPSA) is 36.1 Å². The van der Waals surface area contributed by atoms with Gasteiger partial charge in [-0.05, 0) is 31.5 Å². The lowest BCUT2D eigenvalue weighted by molar-refractivity contribution is 0.0692. The maximum absolute atomic E-state index is 13.0. The summed E-state index contributed by atoms with van der Waals surface area (Å²) in [6, 6.07) is 15.7. The molecule has 0 saturated heterocycles. The summed E-state index contributed by atoms with van der Waals surface area (Å²) in [6.07, 6.45) is 1.77. The number of H-pyrrole nitrogens is 1. The second kappa shape index (κ2) is 6.47. The Balaban J connectivity index is 1.94. The molecule has 0 unspecified atom stereocenters. The van der Waals surface area contributed by atoms with E-state index in [2.05, 4.69) is 4.98 Å². The molecule has 1 heterocycles. The van der Waals surface area contributed by atoms with E-state index in [1.165, 1.54) is 0 Å². The lowest BCUT2D eigenvalue weighted by Gasteiger charge is -2.26. The molecular formula is C19H19ClN2O. The van der Waals surface area contributed by atoms with Gasteiger partial charge in [-0.2, -0.15) is 0 Å². The average molecular weight is 327 g/mol. The van der Waals surface area contributed by atoms with Gasteiger partial charge in [0.05, 0.1) is 5.56 Å². The van der Waals surface area contributed by atoms with Crippen LogP contribution < -0.4 is 0 Å². The van der Waals surface area contributed by atoms with Crippen LogP contribution in [0.4, 0.5) is 0 Å². The summed E-state index contributed by atoms with van der Waals surface area (Å²) >= 11 is 6.01. The number of rotatable bonds is 4. The van der Waals surface area contributed by atoms with Crippen molar-refractivity contribution in [1.29, 1.82) is 0 Å². The molecule has 23 heavy (non-hydrogen) atoms. The number of nitrogens with zero attached hydrogens (tertiary/aromatic N) is 1. The third kappa shape index (κ3) is 3.25. The van der Waals surface area contributed by atoms with Gasteiger partial charge in [0.2, 0.25) is 0 Å². The first-order valence-corrected chi connectivity index (χ1v) is 8.05. The van der Waals surface area contributed by atoms with Crippen LogP contribution in [0.25, 0.3) is 10.9 Å². The van der Waals surface area contributed by atoms with E-state index < -0.39 is 0 Å². The van der Waals surface area contributed by atoms with Crippen molar-refractivity contribution in [3.8, 4) is 0 Å². The largest absolute Gasteiger partial charge is 0.360 e. The van der Waals surface area contributed by atoms with Crippen LogP contribution in [0, 0.1) is 0 Å². The fraction of sp³-hybridized carbons (Fsp3) is 0.211. The van der Waals surface area contributed by atoms with Crippen molar-refractivity contribution in [2.45, 2.75) is 26.4 Å². The number of benzene rings is 2. The Morgan fingerprint density at radius 3 is 2.61 bits per heavy atom. The monoisotopic (exact) mass is 326 g/mol. The van der Waals surface area contributed by atoms with Gasteiger partial charge in [-0.25, -0.2) is 0 Å². The first-order chi connectivity index (χ1) is 11.1. The van der Waals surface area contributed by atoms with Crippen LogP contribution in [-0.2, 0) is 6.54 Å². The number of aromatic nitrogens is 1. The molecule has 1 aromatic heterocycles. The van der Waals surface area contributed by atoms with Crippen molar-refractivity contribution in [1.82, 2.24) is 9.88 Å². The minimum absolute atomic E-state index is 0.0254. The lowest BCUT2D eigenvalue weighted by Crippen LogP contribution is -2.36.